The zero-order valence-corrected chi connectivity index (χ0v) is 19.1. The number of halogens is 3. The van der Waals surface area contributed by atoms with Gasteiger partial charge < -0.3 is 9.80 Å². The van der Waals surface area contributed by atoms with Crippen LogP contribution in [0.2, 0.25) is 0 Å². The second kappa shape index (κ2) is 9.73. The molecule has 3 heterocycles. The van der Waals surface area contributed by atoms with Gasteiger partial charge in [-0.3, -0.25) is 4.79 Å². The molecule has 0 spiro atoms. The van der Waals surface area contributed by atoms with E-state index in [4.69, 9.17) is 0 Å². The largest absolute Gasteiger partial charge is 0.416 e. The number of nitrogens with zero attached hydrogens (tertiary/aromatic N) is 6. The molecule has 2 aromatic heterocycles. The van der Waals surface area contributed by atoms with Crippen LogP contribution in [0.5, 0.6) is 0 Å². The first-order valence-corrected chi connectivity index (χ1v) is 11.3. The highest BCUT2D eigenvalue weighted by Gasteiger charge is 2.31. The molecule has 5 rings (SSSR count). The summed E-state index contributed by atoms with van der Waals surface area (Å²) in [5, 5.41) is 8.52. The average Bonchev–Trinajstić information content (AvgIpc) is 2.93. The van der Waals surface area contributed by atoms with E-state index >= 15 is 0 Å². The molecule has 0 radical (unpaired) electrons. The molecule has 1 aliphatic heterocycles. The fraction of sp³-hybridized carbons (Fsp3) is 0.192. The zero-order chi connectivity index (χ0) is 25.1. The van der Waals surface area contributed by atoms with Crippen molar-refractivity contribution in [2.24, 2.45) is 0 Å². The molecule has 1 amide bonds. The van der Waals surface area contributed by atoms with E-state index in [0.29, 0.717) is 48.9 Å². The molecule has 0 bridgehead atoms. The maximum absolute atomic E-state index is 13.5. The van der Waals surface area contributed by atoms with E-state index in [1.807, 2.05) is 35.2 Å². The number of piperazine rings is 1. The van der Waals surface area contributed by atoms with Crippen LogP contribution in [0.4, 0.5) is 19.1 Å². The third-order valence-corrected chi connectivity index (χ3v) is 5.99. The molecule has 1 fully saturated rings. The molecule has 182 valence electrons. The van der Waals surface area contributed by atoms with Gasteiger partial charge in [0.25, 0.3) is 5.91 Å². The van der Waals surface area contributed by atoms with Crippen LogP contribution in [-0.2, 0) is 6.18 Å². The van der Waals surface area contributed by atoms with E-state index in [2.05, 4.69) is 20.2 Å². The lowest BCUT2D eigenvalue weighted by molar-refractivity contribution is -0.137. The Hall–Kier alpha value is -4.34. The van der Waals surface area contributed by atoms with Crippen molar-refractivity contribution in [3.05, 3.63) is 90.4 Å². The lowest BCUT2D eigenvalue weighted by Gasteiger charge is -2.34. The summed E-state index contributed by atoms with van der Waals surface area (Å²) in [6, 6.07) is 17.4. The zero-order valence-electron chi connectivity index (χ0n) is 19.1. The van der Waals surface area contributed by atoms with E-state index in [-0.39, 0.29) is 11.6 Å². The maximum Gasteiger partial charge on any atom is 0.416 e. The van der Waals surface area contributed by atoms with E-state index < -0.39 is 11.7 Å². The van der Waals surface area contributed by atoms with Gasteiger partial charge in [-0.05, 0) is 29.8 Å². The van der Waals surface area contributed by atoms with Crippen molar-refractivity contribution >= 4 is 11.9 Å². The van der Waals surface area contributed by atoms with Crippen molar-refractivity contribution in [1.82, 2.24) is 25.1 Å². The second-order valence-corrected chi connectivity index (χ2v) is 8.26. The number of rotatable bonds is 4. The van der Waals surface area contributed by atoms with Crippen LogP contribution in [0.3, 0.4) is 0 Å². The van der Waals surface area contributed by atoms with Gasteiger partial charge in [0.2, 0.25) is 5.95 Å². The van der Waals surface area contributed by atoms with Crippen LogP contribution in [0, 0.1) is 0 Å². The summed E-state index contributed by atoms with van der Waals surface area (Å²) in [5.74, 6) is 0.271. The van der Waals surface area contributed by atoms with E-state index in [0.717, 1.165) is 17.7 Å². The number of benzene rings is 2. The number of anilines is 1. The first-order chi connectivity index (χ1) is 17.4. The van der Waals surface area contributed by atoms with Crippen LogP contribution >= 0.6 is 0 Å². The Balaban J connectivity index is 1.46. The Labute approximate surface area is 205 Å². The molecule has 7 nitrogen and oxygen atoms in total. The number of hydrogen-bond acceptors (Lipinski definition) is 6. The number of carbonyl (C=O) groups is 1. The van der Waals surface area contributed by atoms with E-state index in [9.17, 15) is 18.0 Å². The molecule has 0 saturated carbocycles. The second-order valence-electron chi connectivity index (χ2n) is 8.26. The number of carbonyl (C=O) groups excluding carboxylic acids is 1. The van der Waals surface area contributed by atoms with Gasteiger partial charge in [0.1, 0.15) is 0 Å². The minimum absolute atomic E-state index is 0.0962. The molecule has 36 heavy (non-hydrogen) atoms. The molecule has 0 atom stereocenters. The van der Waals surface area contributed by atoms with Gasteiger partial charge in [-0.2, -0.15) is 13.2 Å². The monoisotopic (exact) mass is 490 g/mol. The molecule has 1 saturated heterocycles. The van der Waals surface area contributed by atoms with Crippen LogP contribution in [0.1, 0.15) is 16.1 Å². The molecule has 1 aliphatic rings. The van der Waals surface area contributed by atoms with Crippen LogP contribution in [0.25, 0.3) is 22.4 Å². The number of aromatic nitrogens is 4. The third-order valence-electron chi connectivity index (χ3n) is 5.99. The molecule has 0 N–H and O–H groups in total. The van der Waals surface area contributed by atoms with Gasteiger partial charge in [0.05, 0.1) is 11.3 Å². The summed E-state index contributed by atoms with van der Waals surface area (Å²) in [4.78, 5) is 25.7. The lowest BCUT2D eigenvalue weighted by Crippen LogP contribution is -2.49. The topological polar surface area (TPSA) is 75.1 Å². The van der Waals surface area contributed by atoms with Gasteiger partial charge >= 0.3 is 6.18 Å². The van der Waals surface area contributed by atoms with Gasteiger partial charge in [0.15, 0.2) is 5.69 Å². The standard InChI is InChI=1S/C26H21F3N6O/c27-26(28,29)20-9-7-18(8-10-20)21-17-22(19-5-2-1-3-6-19)32-33-23(21)24(36)34-13-15-35(16-14-34)25-30-11-4-12-31-25/h1-12,17H,13-16H2. The van der Waals surface area contributed by atoms with Gasteiger partial charge in [-0.1, -0.05) is 42.5 Å². The summed E-state index contributed by atoms with van der Waals surface area (Å²) in [6.07, 6.45) is -1.12. The molecule has 0 aliphatic carbocycles. The fourth-order valence-corrected chi connectivity index (χ4v) is 4.07. The van der Waals surface area contributed by atoms with Crippen molar-refractivity contribution in [3.8, 4) is 22.4 Å². The Kier molecular flexibility index (Phi) is 6.32. The predicted octanol–water partition coefficient (Wildman–Crippen LogP) is 4.58. The minimum Gasteiger partial charge on any atom is -0.337 e. The lowest BCUT2D eigenvalue weighted by atomic mass is 9.99. The van der Waals surface area contributed by atoms with Crippen molar-refractivity contribution < 1.29 is 18.0 Å². The van der Waals surface area contributed by atoms with Crippen LogP contribution in [-0.4, -0.2) is 57.2 Å². The van der Waals surface area contributed by atoms with Crippen LogP contribution in [0.15, 0.2) is 79.1 Å². The molecule has 0 unspecified atom stereocenters. The maximum atomic E-state index is 13.5. The quantitative estimate of drug-likeness (QED) is 0.417. The van der Waals surface area contributed by atoms with Crippen molar-refractivity contribution in [1.29, 1.82) is 0 Å². The fourth-order valence-electron chi connectivity index (χ4n) is 4.07. The molecule has 2 aromatic carbocycles. The summed E-state index contributed by atoms with van der Waals surface area (Å²) in [5.41, 5.74) is 1.52. The minimum atomic E-state index is -4.45. The summed E-state index contributed by atoms with van der Waals surface area (Å²) >= 11 is 0. The normalized spacial score (nSPS) is 14.1. The predicted molar refractivity (Wildman–Crippen MR) is 128 cm³/mol. The molecular weight excluding hydrogens is 469 g/mol. The number of alkyl halides is 3. The highest BCUT2D eigenvalue weighted by Crippen LogP contribution is 2.33. The Morgan fingerprint density at radius 3 is 2.08 bits per heavy atom. The summed E-state index contributed by atoms with van der Waals surface area (Å²) < 4.78 is 39.3. The first kappa shape index (κ1) is 23.4. The Morgan fingerprint density at radius 2 is 1.44 bits per heavy atom. The summed E-state index contributed by atoms with van der Waals surface area (Å²) in [6.45, 7) is 1.93. The van der Waals surface area contributed by atoms with Gasteiger partial charge in [0, 0.05) is 49.7 Å². The van der Waals surface area contributed by atoms with Crippen molar-refractivity contribution in [2.45, 2.75) is 6.18 Å². The van der Waals surface area contributed by atoms with Gasteiger partial charge in [-0.15, -0.1) is 10.2 Å². The molecule has 4 aromatic rings. The highest BCUT2D eigenvalue weighted by molar-refractivity contribution is 5.99. The average molecular weight is 490 g/mol. The van der Waals surface area contributed by atoms with Crippen molar-refractivity contribution in [3.63, 3.8) is 0 Å². The molecular formula is C26H21F3N6O. The van der Waals surface area contributed by atoms with Gasteiger partial charge in [-0.25, -0.2) is 9.97 Å². The third kappa shape index (κ3) is 4.88. The van der Waals surface area contributed by atoms with E-state index in [1.54, 1.807) is 29.4 Å². The Morgan fingerprint density at radius 1 is 0.778 bits per heavy atom. The number of amides is 1. The Bertz CT molecular complexity index is 1340. The highest BCUT2D eigenvalue weighted by atomic mass is 19.4. The van der Waals surface area contributed by atoms with Crippen LogP contribution < -0.4 is 4.90 Å². The number of hydrogen-bond donors (Lipinski definition) is 0. The molecule has 10 heteroatoms. The first-order valence-electron chi connectivity index (χ1n) is 11.3. The smallest absolute Gasteiger partial charge is 0.337 e. The SMILES string of the molecule is O=C(c1nnc(-c2ccccc2)cc1-c1ccc(C(F)(F)F)cc1)N1CCN(c2ncccn2)CC1. The van der Waals surface area contributed by atoms with E-state index in [1.165, 1.54) is 12.1 Å². The van der Waals surface area contributed by atoms with Crippen molar-refractivity contribution in [2.75, 3.05) is 31.1 Å². The summed E-state index contributed by atoms with van der Waals surface area (Å²) in [7, 11) is 0.